The Labute approximate surface area is 188 Å². The molecule has 6 nitrogen and oxygen atoms in total. The van der Waals surface area contributed by atoms with Crippen molar-refractivity contribution in [1.82, 2.24) is 15.3 Å². The maximum Gasteiger partial charge on any atom is 0.162 e. The molecule has 164 valence electrons. The number of hydrogen-bond acceptors (Lipinski definition) is 6. The molecule has 0 saturated carbocycles. The third-order valence-electron chi connectivity index (χ3n) is 5.24. The predicted molar refractivity (Wildman–Crippen MR) is 126 cm³/mol. The Morgan fingerprint density at radius 2 is 1.53 bits per heavy atom. The van der Waals surface area contributed by atoms with Crippen LogP contribution in [0.25, 0.3) is 10.9 Å². The van der Waals surface area contributed by atoms with Gasteiger partial charge in [-0.25, -0.2) is 9.97 Å². The van der Waals surface area contributed by atoms with E-state index in [0.29, 0.717) is 11.5 Å². The zero-order chi connectivity index (χ0) is 22.3. The third kappa shape index (κ3) is 4.65. The van der Waals surface area contributed by atoms with Crippen LogP contribution >= 0.6 is 0 Å². The monoisotopic (exact) mass is 429 g/mol. The number of nitrogens with one attached hydrogen (secondary N) is 1. The normalized spacial score (nSPS) is 11.8. The number of para-hydroxylation sites is 1. The lowest BCUT2D eigenvalue weighted by Gasteiger charge is -2.21. The average Bonchev–Trinajstić information content (AvgIpc) is 2.85. The number of ether oxygens (including phenoxy) is 3. The smallest absolute Gasteiger partial charge is 0.162 e. The Morgan fingerprint density at radius 3 is 2.22 bits per heavy atom. The molecular weight excluding hydrogens is 402 g/mol. The minimum atomic E-state index is -0.107. The van der Waals surface area contributed by atoms with E-state index < -0.39 is 0 Å². The highest BCUT2D eigenvalue weighted by atomic mass is 16.5. The molecule has 1 aromatic heterocycles. The summed E-state index contributed by atoms with van der Waals surface area (Å²) in [5.74, 6) is 2.89. The number of rotatable bonds is 9. The van der Waals surface area contributed by atoms with Crippen LogP contribution in [0.4, 0.5) is 0 Å². The quantitative estimate of drug-likeness (QED) is 0.377. The van der Waals surface area contributed by atoms with Crippen molar-refractivity contribution in [3.8, 4) is 23.0 Å². The van der Waals surface area contributed by atoms with Crippen molar-refractivity contribution in [2.45, 2.75) is 19.4 Å². The summed E-state index contributed by atoms with van der Waals surface area (Å²) in [6.07, 6.45) is 2.60. The molecule has 0 radical (unpaired) electrons. The van der Waals surface area contributed by atoms with Gasteiger partial charge in [0.15, 0.2) is 11.5 Å². The molecule has 1 unspecified atom stereocenters. The highest BCUT2D eigenvalue weighted by Crippen LogP contribution is 2.35. The summed E-state index contributed by atoms with van der Waals surface area (Å²) in [5, 5.41) is 4.55. The molecule has 1 N–H and O–H groups in total. The highest BCUT2D eigenvalue weighted by Gasteiger charge is 2.20. The fraction of sp³-hybridized carbons (Fsp3) is 0.231. The second-order valence-electron chi connectivity index (χ2n) is 7.35. The number of fused-ring (bicyclic) bond motifs is 1. The number of methoxy groups -OCH3 is 2. The van der Waals surface area contributed by atoms with Gasteiger partial charge in [-0.1, -0.05) is 37.3 Å². The Bertz CT molecular complexity index is 1160. The van der Waals surface area contributed by atoms with Crippen molar-refractivity contribution in [3.05, 3.63) is 84.3 Å². The number of hydrogen-bond donors (Lipinski definition) is 1. The molecule has 0 bridgehead atoms. The van der Waals surface area contributed by atoms with E-state index in [9.17, 15) is 0 Å². The largest absolute Gasteiger partial charge is 0.493 e. The van der Waals surface area contributed by atoms with Crippen LogP contribution in [0, 0.1) is 0 Å². The maximum absolute atomic E-state index is 5.95. The van der Waals surface area contributed by atoms with Crippen molar-refractivity contribution in [2.75, 3.05) is 20.8 Å². The molecule has 3 aromatic carbocycles. The van der Waals surface area contributed by atoms with Crippen LogP contribution in [0.15, 0.2) is 73.1 Å². The van der Waals surface area contributed by atoms with Gasteiger partial charge in [-0.3, -0.25) is 0 Å². The fourth-order valence-electron chi connectivity index (χ4n) is 3.65. The lowest BCUT2D eigenvalue weighted by molar-refractivity contribution is 0.355. The molecule has 0 spiro atoms. The van der Waals surface area contributed by atoms with Crippen LogP contribution in [-0.4, -0.2) is 30.7 Å². The van der Waals surface area contributed by atoms with Crippen LogP contribution in [0.5, 0.6) is 23.0 Å². The first-order valence-electron chi connectivity index (χ1n) is 10.7. The van der Waals surface area contributed by atoms with Crippen molar-refractivity contribution in [2.24, 2.45) is 0 Å². The Kier molecular flexibility index (Phi) is 6.82. The standard InChI is InChI=1S/C26H27N3O3/c1-4-14-27-25(18-10-12-20(13-11-18)32-19-8-6-5-7-9-19)26-21-15-23(30-2)24(31-3)16-22(21)28-17-29-26/h5-13,15-17,25,27H,4,14H2,1-3H3. The predicted octanol–water partition coefficient (Wildman–Crippen LogP) is 5.53. The van der Waals surface area contributed by atoms with Crippen molar-refractivity contribution >= 4 is 10.9 Å². The molecule has 1 heterocycles. The topological polar surface area (TPSA) is 65.5 Å². The molecule has 6 heteroatoms. The van der Waals surface area contributed by atoms with Gasteiger partial charge in [-0.05, 0) is 48.9 Å². The molecule has 0 aliphatic carbocycles. The minimum absolute atomic E-state index is 0.107. The molecule has 4 aromatic rings. The summed E-state index contributed by atoms with van der Waals surface area (Å²) >= 11 is 0. The lowest BCUT2D eigenvalue weighted by Crippen LogP contribution is -2.24. The second-order valence-corrected chi connectivity index (χ2v) is 7.35. The maximum atomic E-state index is 5.95. The number of nitrogens with zero attached hydrogens (tertiary/aromatic N) is 2. The van der Waals surface area contributed by atoms with Gasteiger partial charge in [-0.15, -0.1) is 0 Å². The van der Waals surface area contributed by atoms with Crippen LogP contribution < -0.4 is 19.5 Å². The first kappa shape index (κ1) is 21.6. The van der Waals surface area contributed by atoms with Gasteiger partial charge >= 0.3 is 0 Å². The Morgan fingerprint density at radius 1 is 0.844 bits per heavy atom. The molecular formula is C26H27N3O3. The molecule has 0 saturated heterocycles. The van der Waals surface area contributed by atoms with Gasteiger partial charge < -0.3 is 19.5 Å². The zero-order valence-corrected chi connectivity index (χ0v) is 18.5. The molecule has 0 amide bonds. The van der Waals surface area contributed by atoms with Gasteiger partial charge in [0.2, 0.25) is 0 Å². The molecule has 1 atom stereocenters. The average molecular weight is 430 g/mol. The lowest BCUT2D eigenvalue weighted by atomic mass is 9.99. The summed E-state index contributed by atoms with van der Waals surface area (Å²) in [7, 11) is 3.25. The summed E-state index contributed by atoms with van der Waals surface area (Å²) < 4.78 is 16.9. The van der Waals surface area contributed by atoms with Gasteiger partial charge in [0.1, 0.15) is 17.8 Å². The van der Waals surface area contributed by atoms with Crippen molar-refractivity contribution < 1.29 is 14.2 Å². The van der Waals surface area contributed by atoms with E-state index in [1.54, 1.807) is 20.5 Å². The van der Waals surface area contributed by atoms with Gasteiger partial charge in [0, 0.05) is 11.5 Å². The van der Waals surface area contributed by atoms with Gasteiger partial charge in [-0.2, -0.15) is 0 Å². The second kappa shape index (κ2) is 10.1. The van der Waals surface area contributed by atoms with E-state index >= 15 is 0 Å². The van der Waals surface area contributed by atoms with E-state index in [-0.39, 0.29) is 6.04 Å². The number of aromatic nitrogens is 2. The van der Waals surface area contributed by atoms with Crippen LogP contribution in [-0.2, 0) is 0 Å². The zero-order valence-electron chi connectivity index (χ0n) is 18.5. The number of benzene rings is 3. The summed E-state index contributed by atoms with van der Waals surface area (Å²) in [6, 6.07) is 21.6. The molecule has 0 fully saturated rings. The summed E-state index contributed by atoms with van der Waals surface area (Å²) in [4.78, 5) is 9.11. The van der Waals surface area contributed by atoms with Gasteiger partial charge in [0.05, 0.1) is 31.5 Å². The first-order chi connectivity index (χ1) is 15.7. The first-order valence-corrected chi connectivity index (χ1v) is 10.7. The van der Waals surface area contributed by atoms with E-state index in [2.05, 4.69) is 34.3 Å². The van der Waals surface area contributed by atoms with Crippen LogP contribution in [0.2, 0.25) is 0 Å². The molecule has 0 aliphatic heterocycles. The van der Waals surface area contributed by atoms with E-state index in [4.69, 9.17) is 14.2 Å². The SMILES string of the molecule is CCCNC(c1ccc(Oc2ccccc2)cc1)c1ncnc2cc(OC)c(OC)cc12. The van der Waals surface area contributed by atoms with E-state index in [1.165, 1.54) is 0 Å². The molecule has 0 aliphatic rings. The van der Waals surface area contributed by atoms with Crippen molar-refractivity contribution in [3.63, 3.8) is 0 Å². The highest BCUT2D eigenvalue weighted by molar-refractivity contribution is 5.85. The van der Waals surface area contributed by atoms with Crippen LogP contribution in [0.3, 0.4) is 0 Å². The third-order valence-corrected chi connectivity index (χ3v) is 5.24. The summed E-state index contributed by atoms with van der Waals surface area (Å²) in [6.45, 7) is 3.00. The van der Waals surface area contributed by atoms with E-state index in [0.717, 1.165) is 46.6 Å². The van der Waals surface area contributed by atoms with Crippen molar-refractivity contribution in [1.29, 1.82) is 0 Å². The van der Waals surface area contributed by atoms with Gasteiger partial charge in [0.25, 0.3) is 0 Å². The Hall–Kier alpha value is -3.64. The Balaban J connectivity index is 1.71. The van der Waals surface area contributed by atoms with Crippen LogP contribution in [0.1, 0.15) is 30.6 Å². The minimum Gasteiger partial charge on any atom is -0.493 e. The molecule has 32 heavy (non-hydrogen) atoms. The fourth-order valence-corrected chi connectivity index (χ4v) is 3.65. The van der Waals surface area contributed by atoms with E-state index in [1.807, 2.05) is 54.6 Å². The molecule has 4 rings (SSSR count). The summed E-state index contributed by atoms with van der Waals surface area (Å²) in [5.41, 5.74) is 2.79.